The Labute approximate surface area is 440 Å². The lowest BCUT2D eigenvalue weighted by Crippen LogP contribution is -2.20. The molecule has 0 amide bonds. The number of ether oxygens (including phenoxy) is 4. The molecule has 0 fully saturated rings. The maximum absolute atomic E-state index is 12.3. The van der Waals surface area contributed by atoms with Crippen LogP contribution in [-0.4, -0.2) is 103 Å². The van der Waals surface area contributed by atoms with Gasteiger partial charge in [-0.05, 0) is 83.3 Å². The van der Waals surface area contributed by atoms with Crippen LogP contribution in [0.15, 0.2) is 82.3 Å². The molecule has 0 saturated carbocycles. The number of Topliss-reactive ketones (excluding diaryl/α,β-unsaturated/α-hetero) is 2. The number of esters is 3. The van der Waals surface area contributed by atoms with Crippen LogP contribution < -0.4 is 16.6 Å². The zero-order valence-corrected chi connectivity index (χ0v) is 43.8. The van der Waals surface area contributed by atoms with Gasteiger partial charge in [0, 0.05) is 26.5 Å². The number of rotatable bonds is 13. The third-order valence-corrected chi connectivity index (χ3v) is 10.0. The number of carboxylic acids is 1. The van der Waals surface area contributed by atoms with E-state index in [0.717, 1.165) is 6.26 Å². The summed E-state index contributed by atoms with van der Waals surface area (Å²) in [6, 6.07) is 11.7. The van der Waals surface area contributed by atoms with Crippen molar-refractivity contribution in [2.75, 3.05) is 33.5 Å². The molecule has 3 N–H and O–H groups in total. The highest BCUT2D eigenvalue weighted by atomic mass is 35.5. The summed E-state index contributed by atoms with van der Waals surface area (Å²) in [5.41, 5.74) is 4.03. The molecular formula is C46H45Cl6N7O13. The average molecular weight is 1120 g/mol. The highest BCUT2D eigenvalue weighted by molar-refractivity contribution is 6.37. The van der Waals surface area contributed by atoms with Crippen molar-refractivity contribution in [2.45, 2.75) is 34.1 Å². The second kappa shape index (κ2) is 30.4. The predicted molar refractivity (Wildman–Crippen MR) is 272 cm³/mol. The number of aromatic carboxylic acids is 1. The number of ketones is 2. The Hall–Kier alpha value is -6.52. The van der Waals surface area contributed by atoms with E-state index in [0.29, 0.717) is 28.4 Å². The van der Waals surface area contributed by atoms with Crippen LogP contribution in [0.1, 0.15) is 75.5 Å². The van der Waals surface area contributed by atoms with Crippen LogP contribution in [0, 0.1) is 0 Å². The van der Waals surface area contributed by atoms with E-state index in [2.05, 4.69) is 30.4 Å². The Balaban J connectivity index is 0.000000326. The van der Waals surface area contributed by atoms with E-state index >= 15 is 0 Å². The molecule has 6 aromatic heterocycles. The largest absolute Gasteiger partial charge is 0.500 e. The van der Waals surface area contributed by atoms with Crippen LogP contribution in [0.5, 0.6) is 0 Å². The van der Waals surface area contributed by atoms with Crippen LogP contribution in [0.25, 0.3) is 22.1 Å². The molecule has 0 saturated heterocycles. The minimum Gasteiger partial charge on any atom is -0.500 e. The van der Waals surface area contributed by atoms with Gasteiger partial charge >= 0.3 is 23.9 Å². The van der Waals surface area contributed by atoms with E-state index < -0.39 is 46.3 Å². The fourth-order valence-electron chi connectivity index (χ4n) is 5.52. The van der Waals surface area contributed by atoms with Crippen molar-refractivity contribution in [1.82, 2.24) is 29.1 Å². The van der Waals surface area contributed by atoms with E-state index in [1.165, 1.54) is 66.5 Å². The van der Waals surface area contributed by atoms with Gasteiger partial charge in [-0.2, -0.15) is 0 Å². The van der Waals surface area contributed by atoms with Gasteiger partial charge < -0.3 is 38.9 Å². The number of hydrogen-bond donors (Lipinski definition) is 2. The first-order valence-corrected chi connectivity index (χ1v) is 23.0. The molecule has 6 rings (SSSR count). The number of carbonyl (C=O) groups excluding carboxylic acids is 5. The van der Waals surface area contributed by atoms with Crippen LogP contribution in [0.3, 0.4) is 0 Å². The molecule has 6 aromatic rings. The molecule has 384 valence electrons. The lowest BCUT2D eigenvalue weighted by atomic mass is 10.1. The number of nitrogens with zero attached hydrogens (tertiary/aromatic N) is 6. The second-order valence-corrected chi connectivity index (χ2v) is 15.7. The van der Waals surface area contributed by atoms with Crippen molar-refractivity contribution in [3.05, 3.63) is 146 Å². The van der Waals surface area contributed by atoms with E-state index in [-0.39, 0.29) is 85.2 Å². The number of aryl methyl sites for hydroxylation is 2. The van der Waals surface area contributed by atoms with E-state index in [4.69, 9.17) is 88.9 Å². The van der Waals surface area contributed by atoms with E-state index in [1.54, 1.807) is 52.4 Å². The molecule has 0 radical (unpaired) electrons. The molecule has 0 aliphatic rings. The van der Waals surface area contributed by atoms with Gasteiger partial charge in [0.05, 0.1) is 48.3 Å². The van der Waals surface area contributed by atoms with Crippen molar-refractivity contribution >= 4 is 127 Å². The van der Waals surface area contributed by atoms with Crippen molar-refractivity contribution in [2.24, 2.45) is 19.8 Å². The molecule has 0 atom stereocenters. The minimum atomic E-state index is -1.25. The number of carboxylic acid groups (broad SMARTS) is 1. The monoisotopic (exact) mass is 1110 g/mol. The molecular weight excluding hydrogens is 1070 g/mol. The number of pyridine rings is 6. The topological polar surface area (TPSA) is 281 Å². The van der Waals surface area contributed by atoms with Gasteiger partial charge in [-0.3, -0.25) is 24.0 Å². The summed E-state index contributed by atoms with van der Waals surface area (Å²) in [6.07, 6.45) is 3.35. The summed E-state index contributed by atoms with van der Waals surface area (Å²) < 4.78 is 22.3. The Morgan fingerprint density at radius 2 is 1.01 bits per heavy atom. The van der Waals surface area contributed by atoms with Crippen molar-refractivity contribution < 1.29 is 52.8 Å². The third kappa shape index (κ3) is 17.7. The van der Waals surface area contributed by atoms with E-state index in [1.807, 2.05) is 0 Å². The van der Waals surface area contributed by atoms with Gasteiger partial charge in [-0.25, -0.2) is 34.3 Å². The molecule has 0 aliphatic heterocycles. The zero-order chi connectivity index (χ0) is 54.4. The smallest absolute Gasteiger partial charge is 0.345 e. The van der Waals surface area contributed by atoms with Gasteiger partial charge in [-0.1, -0.05) is 69.6 Å². The summed E-state index contributed by atoms with van der Waals surface area (Å²) in [7, 11) is 4.80. The Morgan fingerprint density at radius 3 is 1.46 bits per heavy atom. The maximum Gasteiger partial charge on any atom is 0.345 e. The summed E-state index contributed by atoms with van der Waals surface area (Å²) in [6.45, 7) is 7.62. The SMILES string of the molecule is CCO/C=C(\C(=O)OCC)C(=O)c1ccc(Cl)nc1Cl.CCOC(=O)CC(=O)c1ccc(Cl)nc1Cl.CCOC(=O)c1cn(C)c2nc(Cl)ccc2c1=O.CN.Cn1cc(C(=O)O)c(=O)c2ccc(Cl)nc21. The standard InChI is InChI=1S/C13H13Cl2NO4.C12H11ClN2O3.C10H9Cl2NO3.C10H7ClN2O3.CH5N/c1-3-19-7-9(13(18)20-4-2)11(17)8-5-6-10(14)16-12(8)15;1-3-18-12(17)8-6-15(2)11-7(10(8)16)4-5-9(13)14-11;1-2-16-9(15)5-7(14)6-3-4-8(11)13-10(6)12;1-13-4-6(10(15)16)8(14)5-2-3-7(11)12-9(5)13;1-2/h5-7H,3-4H2,1-2H3;4-6H,3H2,1-2H3;3-4H,2,5H2,1H3;2-4H,1H3,(H,15,16);2H2,1H3/b9-7-;;;;. The quantitative estimate of drug-likeness (QED) is 0.0161. The summed E-state index contributed by atoms with van der Waals surface area (Å²) >= 11 is 34.3. The summed E-state index contributed by atoms with van der Waals surface area (Å²) in [5.74, 6) is -4.32. The number of aromatic nitrogens is 6. The molecule has 20 nitrogen and oxygen atoms in total. The first kappa shape index (κ1) is 61.6. The molecule has 0 aliphatic carbocycles. The predicted octanol–water partition coefficient (Wildman–Crippen LogP) is 8.20. The third-order valence-electron chi connectivity index (χ3n) is 8.59. The number of carbonyl (C=O) groups is 6. The number of nitrogens with two attached hydrogens (primary N) is 1. The van der Waals surface area contributed by atoms with Crippen LogP contribution >= 0.6 is 69.6 Å². The van der Waals surface area contributed by atoms with E-state index in [9.17, 15) is 38.4 Å². The fraction of sp³-hybridized carbons (Fsp3) is 0.261. The molecule has 0 aromatic carbocycles. The molecule has 0 bridgehead atoms. The Morgan fingerprint density at radius 1 is 0.583 bits per heavy atom. The minimum absolute atomic E-state index is 0.00373. The molecule has 72 heavy (non-hydrogen) atoms. The van der Waals surface area contributed by atoms with Crippen molar-refractivity contribution in [1.29, 1.82) is 0 Å². The van der Waals surface area contributed by atoms with Crippen LogP contribution in [-0.2, 0) is 42.6 Å². The summed E-state index contributed by atoms with van der Waals surface area (Å²) in [5, 5.41) is 10.2. The van der Waals surface area contributed by atoms with Gasteiger partial charge in [0.15, 0.2) is 5.78 Å². The highest BCUT2D eigenvalue weighted by Crippen LogP contribution is 2.22. The molecule has 26 heteroatoms. The Kier molecular flexibility index (Phi) is 26.0. The highest BCUT2D eigenvalue weighted by Gasteiger charge is 2.25. The van der Waals surface area contributed by atoms with Crippen molar-refractivity contribution in [3.8, 4) is 0 Å². The van der Waals surface area contributed by atoms with Crippen LogP contribution in [0.2, 0.25) is 30.9 Å². The first-order valence-electron chi connectivity index (χ1n) is 20.8. The van der Waals surface area contributed by atoms with Crippen molar-refractivity contribution in [3.63, 3.8) is 0 Å². The average Bonchev–Trinajstić information content (AvgIpc) is 3.32. The van der Waals surface area contributed by atoms with Gasteiger partial charge in [0.25, 0.3) is 0 Å². The lowest BCUT2D eigenvalue weighted by Gasteiger charge is -2.07. The molecule has 0 spiro atoms. The maximum atomic E-state index is 12.3. The summed E-state index contributed by atoms with van der Waals surface area (Å²) in [4.78, 5) is 109. The molecule has 0 unspecified atom stereocenters. The van der Waals surface area contributed by atoms with Gasteiger partial charge in [0.2, 0.25) is 16.6 Å². The second-order valence-electron chi connectivity index (χ2n) is 13.4. The number of fused-ring (bicyclic) bond motifs is 2. The number of halogens is 6. The molecule has 6 heterocycles. The van der Waals surface area contributed by atoms with Crippen LogP contribution in [0.4, 0.5) is 0 Å². The lowest BCUT2D eigenvalue weighted by molar-refractivity contribution is -0.142. The van der Waals surface area contributed by atoms with Gasteiger partial charge in [0.1, 0.15) is 71.6 Å². The number of hydrogen-bond acceptors (Lipinski definition) is 17. The Bertz CT molecular complexity index is 3110. The fourth-order valence-corrected chi connectivity index (χ4v) is 6.69. The van der Waals surface area contributed by atoms with Gasteiger partial charge in [-0.15, -0.1) is 0 Å². The zero-order valence-electron chi connectivity index (χ0n) is 39.3. The first-order chi connectivity index (χ1) is 34.1. The normalized spacial score (nSPS) is 10.4.